The van der Waals surface area contributed by atoms with Crippen molar-refractivity contribution in [3.8, 4) is 5.75 Å². The summed E-state index contributed by atoms with van der Waals surface area (Å²) in [4.78, 5) is 5.04. The molecular weight excluding hydrogens is 454 g/mol. The van der Waals surface area contributed by atoms with Gasteiger partial charge in [-0.2, -0.15) is 0 Å². The highest BCUT2D eigenvalue weighted by Gasteiger charge is 2.26. The Morgan fingerprint density at radius 3 is 2.16 bits per heavy atom. The van der Waals surface area contributed by atoms with Gasteiger partial charge in [-0.05, 0) is 32.0 Å². The third-order valence-corrected chi connectivity index (χ3v) is 7.63. The number of hydrogen-bond acceptors (Lipinski definition) is 4. The zero-order chi connectivity index (χ0) is 25.9. The summed E-state index contributed by atoms with van der Waals surface area (Å²) in [6.45, 7) is 8.48. The summed E-state index contributed by atoms with van der Waals surface area (Å²) in [5.74, 6) is 1.69. The summed E-state index contributed by atoms with van der Waals surface area (Å²) < 4.78 is 6.43. The van der Waals surface area contributed by atoms with Crippen molar-refractivity contribution in [2.24, 2.45) is 4.99 Å². The molecule has 4 rings (SSSR count). The molecule has 1 atom stereocenters. The Kier molecular flexibility index (Phi) is 10.7. The Bertz CT molecular complexity index is 1110. The Morgan fingerprint density at radius 1 is 0.838 bits per heavy atom. The quantitative estimate of drug-likeness (QED) is 0.225. The number of allylic oxidation sites excluding steroid dienone is 1. The third kappa shape index (κ3) is 7.47. The largest absolute Gasteiger partial charge is 0.453 e. The van der Waals surface area contributed by atoms with E-state index in [1.54, 1.807) is 0 Å². The van der Waals surface area contributed by atoms with Gasteiger partial charge in [0.1, 0.15) is 11.4 Å². The van der Waals surface area contributed by atoms with Crippen LogP contribution in [0.5, 0.6) is 5.75 Å². The number of anilines is 1. The number of nitrogens with one attached hydrogen (secondary N) is 2. The number of benzene rings is 2. The molecule has 4 nitrogen and oxygen atoms in total. The van der Waals surface area contributed by atoms with Gasteiger partial charge in [-0.25, -0.2) is 4.99 Å². The molecule has 0 saturated heterocycles. The van der Waals surface area contributed by atoms with Crippen LogP contribution in [0.1, 0.15) is 97.8 Å². The zero-order valence-corrected chi connectivity index (χ0v) is 23.4. The van der Waals surface area contributed by atoms with Gasteiger partial charge in [-0.3, -0.25) is 0 Å². The van der Waals surface area contributed by atoms with Crippen LogP contribution in [0.4, 0.5) is 11.4 Å². The molecule has 0 spiro atoms. The minimum Gasteiger partial charge on any atom is -0.453 e. The highest BCUT2D eigenvalue weighted by atomic mass is 16.5. The molecular formula is C33H47N3O. The summed E-state index contributed by atoms with van der Waals surface area (Å²) in [7, 11) is 0. The molecule has 2 N–H and O–H groups in total. The SMILES string of the molecule is CCCCCCCCCCCCCCNc1cc2c(c3ccccc13)N=C1C=C(C)C(NCC)C=C1O2. The summed E-state index contributed by atoms with van der Waals surface area (Å²) in [6.07, 6.45) is 20.8. The standard InChI is InChI=1S/C33H47N3O/c1-4-6-7-8-9-10-11-12-13-14-15-18-21-35-29-24-32-33(27-20-17-16-19-26(27)29)36-30-22-25(3)28(34-5-2)23-31(30)37-32/h16-17,19-20,22-24,28,34-35H,4-15,18,21H2,1-3H3. The van der Waals surface area contributed by atoms with Crippen LogP contribution in [0.2, 0.25) is 0 Å². The lowest BCUT2D eigenvalue weighted by Crippen LogP contribution is -2.33. The molecule has 200 valence electrons. The lowest BCUT2D eigenvalue weighted by Gasteiger charge is -2.27. The van der Waals surface area contributed by atoms with E-state index in [1.807, 2.05) is 0 Å². The smallest absolute Gasteiger partial charge is 0.155 e. The lowest BCUT2D eigenvalue weighted by molar-refractivity contribution is 0.443. The maximum Gasteiger partial charge on any atom is 0.155 e. The topological polar surface area (TPSA) is 45.7 Å². The Hall–Kier alpha value is -2.59. The van der Waals surface area contributed by atoms with Crippen molar-refractivity contribution in [2.75, 3.05) is 18.4 Å². The van der Waals surface area contributed by atoms with Crippen LogP contribution >= 0.6 is 0 Å². The first-order chi connectivity index (χ1) is 18.2. The van der Waals surface area contributed by atoms with Crippen LogP contribution in [-0.4, -0.2) is 24.8 Å². The molecule has 0 aromatic heterocycles. The fourth-order valence-corrected chi connectivity index (χ4v) is 5.46. The zero-order valence-electron chi connectivity index (χ0n) is 23.4. The molecule has 1 aliphatic heterocycles. The number of ether oxygens (including phenoxy) is 1. The summed E-state index contributed by atoms with van der Waals surface area (Å²) in [5, 5.41) is 9.57. The second-order valence-electron chi connectivity index (χ2n) is 10.7. The van der Waals surface area contributed by atoms with Crippen LogP contribution in [0.25, 0.3) is 10.8 Å². The minimum absolute atomic E-state index is 0.198. The van der Waals surface area contributed by atoms with Gasteiger partial charge in [0.05, 0.1) is 6.04 Å². The predicted octanol–water partition coefficient (Wildman–Crippen LogP) is 9.24. The maximum atomic E-state index is 6.43. The van der Waals surface area contributed by atoms with Crippen molar-refractivity contribution in [1.82, 2.24) is 5.32 Å². The van der Waals surface area contributed by atoms with Gasteiger partial charge in [0.15, 0.2) is 11.5 Å². The van der Waals surface area contributed by atoms with Gasteiger partial charge in [-0.15, -0.1) is 0 Å². The lowest BCUT2D eigenvalue weighted by atomic mass is 9.97. The van der Waals surface area contributed by atoms with E-state index in [2.05, 4.69) is 73.9 Å². The van der Waals surface area contributed by atoms with E-state index in [1.165, 1.54) is 88.0 Å². The summed E-state index contributed by atoms with van der Waals surface area (Å²) in [6, 6.07) is 10.9. The van der Waals surface area contributed by atoms with Gasteiger partial charge in [0, 0.05) is 29.1 Å². The average molecular weight is 502 g/mol. The summed E-state index contributed by atoms with van der Waals surface area (Å²) >= 11 is 0. The Labute approximate surface area is 224 Å². The minimum atomic E-state index is 0.198. The number of aliphatic imine (C=N–C) groups is 1. The highest BCUT2D eigenvalue weighted by Crippen LogP contribution is 2.44. The van der Waals surface area contributed by atoms with Crippen molar-refractivity contribution in [2.45, 2.75) is 104 Å². The molecule has 1 aliphatic carbocycles. The van der Waals surface area contributed by atoms with Crippen LogP contribution < -0.4 is 15.4 Å². The fraction of sp³-hybridized carbons (Fsp3) is 0.545. The van der Waals surface area contributed by atoms with Crippen molar-refractivity contribution in [1.29, 1.82) is 0 Å². The van der Waals surface area contributed by atoms with E-state index < -0.39 is 0 Å². The second-order valence-corrected chi connectivity index (χ2v) is 10.7. The van der Waals surface area contributed by atoms with E-state index >= 15 is 0 Å². The van der Waals surface area contributed by atoms with Crippen molar-refractivity contribution in [3.63, 3.8) is 0 Å². The van der Waals surface area contributed by atoms with E-state index in [0.717, 1.165) is 47.1 Å². The van der Waals surface area contributed by atoms with Gasteiger partial charge >= 0.3 is 0 Å². The van der Waals surface area contributed by atoms with Crippen LogP contribution in [0, 0.1) is 0 Å². The Morgan fingerprint density at radius 2 is 1.49 bits per heavy atom. The molecule has 0 radical (unpaired) electrons. The monoisotopic (exact) mass is 501 g/mol. The number of unbranched alkanes of at least 4 members (excludes halogenated alkanes) is 11. The Balaban J connectivity index is 1.29. The molecule has 2 aliphatic rings. The highest BCUT2D eigenvalue weighted by molar-refractivity contribution is 6.14. The first-order valence-electron chi connectivity index (χ1n) is 14.9. The van der Waals surface area contributed by atoms with E-state index in [4.69, 9.17) is 9.73 Å². The van der Waals surface area contributed by atoms with Gasteiger partial charge in [0.2, 0.25) is 0 Å². The molecule has 0 saturated carbocycles. The van der Waals surface area contributed by atoms with E-state index in [0.29, 0.717) is 0 Å². The molecule has 1 unspecified atom stereocenters. The molecule has 2 aromatic rings. The van der Waals surface area contributed by atoms with E-state index in [-0.39, 0.29) is 6.04 Å². The number of fused-ring (bicyclic) bond motifs is 4. The van der Waals surface area contributed by atoms with Crippen LogP contribution in [0.3, 0.4) is 0 Å². The first-order valence-corrected chi connectivity index (χ1v) is 14.9. The van der Waals surface area contributed by atoms with E-state index in [9.17, 15) is 0 Å². The maximum absolute atomic E-state index is 6.43. The number of likely N-dealkylation sites (N-methyl/N-ethyl adjacent to an activating group) is 1. The third-order valence-electron chi connectivity index (χ3n) is 7.63. The van der Waals surface area contributed by atoms with Gasteiger partial charge in [-0.1, -0.05) is 114 Å². The number of hydrogen-bond donors (Lipinski definition) is 2. The van der Waals surface area contributed by atoms with Crippen LogP contribution in [0.15, 0.2) is 58.8 Å². The van der Waals surface area contributed by atoms with Gasteiger partial charge in [0.25, 0.3) is 0 Å². The molecule has 4 heteroatoms. The molecule has 37 heavy (non-hydrogen) atoms. The van der Waals surface area contributed by atoms with Crippen molar-refractivity contribution >= 4 is 27.9 Å². The number of rotatable bonds is 16. The molecule has 0 fully saturated rings. The predicted molar refractivity (Wildman–Crippen MR) is 161 cm³/mol. The van der Waals surface area contributed by atoms with Gasteiger partial charge < -0.3 is 15.4 Å². The van der Waals surface area contributed by atoms with Crippen LogP contribution in [-0.2, 0) is 0 Å². The van der Waals surface area contributed by atoms with Crippen molar-refractivity contribution in [3.05, 3.63) is 53.8 Å². The number of nitrogens with zero attached hydrogens (tertiary/aromatic N) is 1. The second kappa shape index (κ2) is 14.4. The fourth-order valence-electron chi connectivity index (χ4n) is 5.46. The van der Waals surface area contributed by atoms with Crippen molar-refractivity contribution < 1.29 is 4.74 Å². The molecule has 1 heterocycles. The average Bonchev–Trinajstić information content (AvgIpc) is 2.91. The summed E-state index contributed by atoms with van der Waals surface area (Å²) in [5.41, 5.74) is 4.26. The molecule has 0 bridgehead atoms. The first kappa shape index (κ1) is 27.4. The normalized spacial score (nSPS) is 16.4. The molecule has 2 aromatic carbocycles. The molecule has 0 amide bonds.